The maximum Gasteiger partial charge on any atom is 3.00 e. The number of non-ortho nitro benzene ring substituents is 1. The van der Waals surface area contributed by atoms with Gasteiger partial charge in [0, 0.05) is 97.3 Å². The number of rotatable bonds is 16. The molecule has 2 rings (SSSR count). The molecule has 1 aromatic carbocycles. The van der Waals surface area contributed by atoms with E-state index in [0.29, 0.717) is 6.61 Å². The summed E-state index contributed by atoms with van der Waals surface area (Å²) in [5.41, 5.74) is -0.189. The van der Waals surface area contributed by atoms with E-state index < -0.39 is 60.9 Å². The number of amides is 1. The molecule has 0 unspecified atom stereocenters. The monoisotopic (exact) mass is 809 g/mol. The fraction of sp³-hybridized carbons (Fsp3) is 0.607. The zero-order valence-electron chi connectivity index (χ0n) is 26.1. The fourth-order valence-corrected chi connectivity index (χ4v) is 4.62. The largest absolute Gasteiger partial charge is 3.00 e. The number of nitrogens with zero attached hydrogens (tertiary/aromatic N) is 6. The molecule has 1 aliphatic heterocycles. The van der Waals surface area contributed by atoms with Crippen molar-refractivity contribution >= 4 is 35.5 Å². The predicted octanol–water partition coefficient (Wildman–Crippen LogP) is -5.16. The van der Waals surface area contributed by atoms with Gasteiger partial charge in [0.05, 0.1) is 36.0 Å². The van der Waals surface area contributed by atoms with Crippen LogP contribution in [0.4, 0.5) is 5.69 Å². The average Bonchev–Trinajstić information content (AvgIpc) is 2.97. The molecule has 0 spiro atoms. The van der Waals surface area contributed by atoms with Crippen LogP contribution in [0.5, 0.6) is 5.75 Å². The van der Waals surface area contributed by atoms with Crippen LogP contribution in [0.2, 0.25) is 0 Å². The van der Waals surface area contributed by atoms with E-state index in [1.165, 1.54) is 34.1 Å². The molecular formula is C28H39GdN6O12. The molecule has 0 aromatic heterocycles. The first-order valence-corrected chi connectivity index (χ1v) is 14.7. The van der Waals surface area contributed by atoms with Crippen LogP contribution < -0.4 is 20.1 Å². The fourth-order valence-electron chi connectivity index (χ4n) is 4.62. The Hall–Kier alpha value is -2.91. The normalized spacial score (nSPS) is 15.8. The number of hydrogen-bond acceptors (Lipinski definition) is 16. The average molecular weight is 809 g/mol. The van der Waals surface area contributed by atoms with Crippen molar-refractivity contribution in [1.29, 1.82) is 0 Å². The van der Waals surface area contributed by atoms with Gasteiger partial charge in [0.25, 0.3) is 5.69 Å². The van der Waals surface area contributed by atoms with Crippen molar-refractivity contribution in [3.05, 3.63) is 34.4 Å². The molecule has 1 aromatic rings. The van der Waals surface area contributed by atoms with Gasteiger partial charge in [-0.15, -0.1) is 0 Å². The molecule has 261 valence electrons. The second-order valence-corrected chi connectivity index (χ2v) is 10.5. The Kier molecular flexibility index (Phi) is 20.3. The van der Waals surface area contributed by atoms with E-state index in [0.717, 1.165) is 0 Å². The molecule has 1 amide bonds. The third-order valence-corrected chi connectivity index (χ3v) is 7.01. The van der Waals surface area contributed by atoms with Gasteiger partial charge >= 0.3 is 45.9 Å². The van der Waals surface area contributed by atoms with Crippen molar-refractivity contribution in [3.8, 4) is 5.75 Å². The van der Waals surface area contributed by atoms with E-state index in [2.05, 4.69) is 0 Å². The van der Waals surface area contributed by atoms with Gasteiger partial charge in [-0.1, -0.05) is 0 Å². The van der Waals surface area contributed by atoms with Gasteiger partial charge in [0.15, 0.2) is 0 Å². The maximum atomic E-state index is 13.5. The molecule has 1 radical (unpaired) electrons. The topological polar surface area (TPSA) is 232 Å². The molecule has 19 heteroatoms. The number of nitro groups is 1. The molecule has 1 saturated heterocycles. The molecule has 0 bridgehead atoms. The van der Waals surface area contributed by atoms with E-state index in [4.69, 9.17) is 9.47 Å². The Labute approximate surface area is 304 Å². The predicted molar refractivity (Wildman–Crippen MR) is 153 cm³/mol. The second kappa shape index (κ2) is 22.6. The maximum absolute atomic E-state index is 13.5. The molecule has 1 aliphatic rings. The summed E-state index contributed by atoms with van der Waals surface area (Å²) >= 11 is 0. The number of hydrogen-bond donors (Lipinski definition) is 0. The van der Waals surface area contributed by atoms with E-state index >= 15 is 0 Å². The first kappa shape index (κ1) is 42.1. The summed E-state index contributed by atoms with van der Waals surface area (Å²) in [7, 11) is 0. The minimum absolute atomic E-state index is 0. The van der Waals surface area contributed by atoms with Gasteiger partial charge in [0.1, 0.15) is 12.3 Å². The summed E-state index contributed by atoms with van der Waals surface area (Å²) in [6, 6.07) is 4.86. The summed E-state index contributed by atoms with van der Waals surface area (Å²) in [4.78, 5) is 78.1. The smallest absolute Gasteiger partial charge is 0.549 e. The van der Waals surface area contributed by atoms with Gasteiger partial charge in [0.2, 0.25) is 5.91 Å². The number of ether oxygens (including phenoxy) is 2. The molecule has 0 N–H and O–H groups in total. The zero-order chi connectivity index (χ0) is 34.1. The van der Waals surface area contributed by atoms with Gasteiger partial charge in [-0.3, -0.25) is 34.5 Å². The Balaban J connectivity index is 0.0000110. The van der Waals surface area contributed by atoms with E-state index in [1.54, 1.807) is 21.6 Å². The van der Waals surface area contributed by atoms with Crippen LogP contribution >= 0.6 is 0 Å². The number of carboxylic acids is 3. The minimum atomic E-state index is -1.34. The molecule has 1 heterocycles. The van der Waals surface area contributed by atoms with Crippen LogP contribution in [-0.4, -0.2) is 164 Å². The van der Waals surface area contributed by atoms with E-state index in [9.17, 15) is 49.4 Å². The summed E-state index contributed by atoms with van der Waals surface area (Å²) in [6.45, 7) is 1.57. The van der Waals surface area contributed by atoms with Gasteiger partial charge < -0.3 is 44.1 Å². The van der Waals surface area contributed by atoms with E-state index in [1.807, 2.05) is 0 Å². The molecule has 0 atom stereocenters. The van der Waals surface area contributed by atoms with Crippen molar-refractivity contribution < 1.29 is 93.6 Å². The number of aliphatic carboxylic acids is 3. The Bertz CT molecular complexity index is 1160. The van der Waals surface area contributed by atoms with Crippen LogP contribution in [-0.2, 0) is 28.7 Å². The summed E-state index contributed by atoms with van der Waals surface area (Å²) in [6.07, 6.45) is 0. The van der Waals surface area contributed by atoms with Crippen LogP contribution in [0.25, 0.3) is 0 Å². The van der Waals surface area contributed by atoms with Crippen molar-refractivity contribution in [3.63, 3.8) is 0 Å². The van der Waals surface area contributed by atoms with Crippen LogP contribution in [0.15, 0.2) is 24.3 Å². The molecule has 18 nitrogen and oxygen atoms in total. The summed E-state index contributed by atoms with van der Waals surface area (Å²) in [5.74, 6) is -5.24. The van der Waals surface area contributed by atoms with Gasteiger partial charge in [-0.25, -0.2) is 4.79 Å². The van der Waals surface area contributed by atoms with Crippen LogP contribution in [0.1, 0.15) is 6.92 Å². The minimum Gasteiger partial charge on any atom is -0.549 e. The standard InChI is InChI=1S/C28H42N6O12.Gd/c1-2-45-16-15-33(21-28(42)46-23-5-3-22(4-6-23)34(43)44)24(35)17-29-7-9-30(18-25(36)37)11-13-32(20-27(40)41)14-12-31(10-8-29)19-26(38)39;/h3-6H,2,7-21H2,1H3,(H,36,37)(H,38,39)(H,40,41);/q;+3/p-3. The molecule has 47 heavy (non-hydrogen) atoms. The quantitative estimate of drug-likeness (QED) is 0.0500. The van der Waals surface area contributed by atoms with Crippen molar-refractivity contribution in [1.82, 2.24) is 24.5 Å². The van der Waals surface area contributed by atoms with Crippen molar-refractivity contribution in [2.45, 2.75) is 6.92 Å². The van der Waals surface area contributed by atoms with Crippen molar-refractivity contribution in [2.75, 3.05) is 105 Å². The molecule has 1 fully saturated rings. The first-order valence-electron chi connectivity index (χ1n) is 14.7. The van der Waals surface area contributed by atoms with Crippen LogP contribution in [0.3, 0.4) is 0 Å². The van der Waals surface area contributed by atoms with Gasteiger partial charge in [-0.05, 0) is 19.1 Å². The van der Waals surface area contributed by atoms with Crippen LogP contribution in [0, 0.1) is 50.1 Å². The number of carbonyl (C=O) groups excluding carboxylic acids is 5. The Morgan fingerprint density at radius 2 is 1.15 bits per heavy atom. The van der Waals surface area contributed by atoms with E-state index in [-0.39, 0.29) is 123 Å². The summed E-state index contributed by atoms with van der Waals surface area (Å²) < 4.78 is 10.6. The number of nitro benzene ring substituents is 1. The summed E-state index contributed by atoms with van der Waals surface area (Å²) in [5, 5.41) is 44.9. The SMILES string of the molecule is CCOCCN(CC(=O)Oc1ccc([N+](=O)[O-])cc1)C(=O)CN1CCN(CC(=O)[O-])CCN(CC(=O)[O-])CCN(CC(=O)[O-])CC1.[Gd+3]. The molecule has 0 aliphatic carbocycles. The Morgan fingerprint density at radius 1 is 0.745 bits per heavy atom. The molecule has 0 saturated carbocycles. The number of esters is 1. The number of carboxylic acid groups (broad SMARTS) is 3. The third-order valence-electron chi connectivity index (χ3n) is 7.01. The number of benzene rings is 1. The Morgan fingerprint density at radius 3 is 1.51 bits per heavy atom. The first-order chi connectivity index (χ1) is 21.9. The van der Waals surface area contributed by atoms with Crippen molar-refractivity contribution in [2.24, 2.45) is 0 Å². The number of carbonyl (C=O) groups is 5. The zero-order valence-corrected chi connectivity index (χ0v) is 28.3. The van der Waals surface area contributed by atoms with Gasteiger partial charge in [-0.2, -0.15) is 0 Å². The molecular weight excluding hydrogens is 770 g/mol. The third kappa shape index (κ3) is 17.7. The second-order valence-electron chi connectivity index (χ2n) is 10.5.